The summed E-state index contributed by atoms with van der Waals surface area (Å²) in [6.45, 7) is 2.13. The zero-order valence-electron chi connectivity index (χ0n) is 11.0. The topological polar surface area (TPSA) is 24.7 Å². The van der Waals surface area contributed by atoms with Gasteiger partial charge in [-0.2, -0.15) is 0 Å². The molecule has 0 aromatic heterocycles. The van der Waals surface area contributed by atoms with Crippen LogP contribution in [-0.2, 0) is 0 Å². The number of rotatable bonds is 2. The van der Waals surface area contributed by atoms with Gasteiger partial charge in [0.15, 0.2) is 0 Å². The smallest absolute Gasteiger partial charge is 0.0901 e. The molecule has 0 bridgehead atoms. The van der Waals surface area contributed by atoms with Crippen LogP contribution in [0, 0.1) is 0 Å². The van der Waals surface area contributed by atoms with Gasteiger partial charge in [0.25, 0.3) is 0 Å². The van der Waals surface area contributed by atoms with Crippen molar-refractivity contribution in [1.82, 2.24) is 0 Å². The number of hydrogen-bond acceptors (Lipinski definition) is 2. The van der Waals surface area contributed by atoms with Crippen molar-refractivity contribution in [2.75, 3.05) is 0 Å². The van der Waals surface area contributed by atoms with Gasteiger partial charge in [0.05, 0.1) is 18.1 Å². The lowest BCUT2D eigenvalue weighted by atomic mass is 9.90. The first-order valence-electron chi connectivity index (χ1n) is 7.20. The number of nitrogens with zero attached hydrogens (tertiary/aromatic N) is 2. The third-order valence-corrected chi connectivity index (χ3v) is 4.02. The normalized spacial score (nSPS) is 28.8. The average molecular weight is 232 g/mol. The molecule has 2 aliphatic carbocycles. The highest BCUT2D eigenvalue weighted by molar-refractivity contribution is 5.43. The summed E-state index contributed by atoms with van der Waals surface area (Å²) in [7, 11) is 0. The molecule has 1 atom stereocenters. The molecule has 0 N–H and O–H groups in total. The SMILES string of the molecule is CC=C1CCCCC1N=C=NC1CCCCC1. The van der Waals surface area contributed by atoms with Gasteiger partial charge in [0, 0.05) is 0 Å². The summed E-state index contributed by atoms with van der Waals surface area (Å²) in [6, 6.07) is 3.88. The fraction of sp³-hybridized carbons (Fsp3) is 0.800. The van der Waals surface area contributed by atoms with Crippen LogP contribution in [0.15, 0.2) is 21.6 Å². The Morgan fingerprint density at radius 1 is 1.00 bits per heavy atom. The monoisotopic (exact) mass is 232 g/mol. The summed E-state index contributed by atoms with van der Waals surface area (Å²) in [5.41, 5.74) is 1.49. The lowest BCUT2D eigenvalue weighted by molar-refractivity contribution is 0.444. The Balaban J connectivity index is 1.91. The van der Waals surface area contributed by atoms with Crippen LogP contribution in [0.1, 0.15) is 64.7 Å². The number of aliphatic imine (C=N–C) groups is 2. The third kappa shape index (κ3) is 3.81. The first kappa shape index (κ1) is 12.6. The zero-order valence-corrected chi connectivity index (χ0v) is 11.0. The number of hydrogen-bond donors (Lipinski definition) is 0. The van der Waals surface area contributed by atoms with Crippen molar-refractivity contribution in [3.8, 4) is 0 Å². The summed E-state index contributed by atoms with van der Waals surface area (Å²) in [5, 5.41) is 0. The van der Waals surface area contributed by atoms with E-state index in [9.17, 15) is 0 Å². The van der Waals surface area contributed by atoms with Gasteiger partial charge in [0.1, 0.15) is 0 Å². The molecule has 17 heavy (non-hydrogen) atoms. The fourth-order valence-corrected chi connectivity index (χ4v) is 2.90. The predicted molar refractivity (Wildman–Crippen MR) is 72.7 cm³/mol. The minimum absolute atomic E-state index is 0.376. The molecule has 0 aromatic rings. The summed E-state index contributed by atoms with van der Waals surface area (Å²) in [5.74, 6) is 0. The maximum absolute atomic E-state index is 4.54. The maximum atomic E-state index is 4.54. The highest BCUT2D eigenvalue weighted by atomic mass is 14.9. The number of allylic oxidation sites excluding steroid dienone is 1. The van der Waals surface area contributed by atoms with Gasteiger partial charge < -0.3 is 0 Å². The molecule has 0 heterocycles. The van der Waals surface area contributed by atoms with E-state index < -0.39 is 0 Å². The van der Waals surface area contributed by atoms with Gasteiger partial charge in [0.2, 0.25) is 0 Å². The second kappa shape index (κ2) is 6.76. The third-order valence-electron chi connectivity index (χ3n) is 4.02. The lowest BCUT2D eigenvalue weighted by Crippen LogP contribution is -2.13. The first-order chi connectivity index (χ1) is 8.40. The summed E-state index contributed by atoms with van der Waals surface area (Å²) in [4.78, 5) is 9.05. The molecule has 2 aliphatic rings. The largest absolute Gasteiger partial charge is 0.222 e. The summed E-state index contributed by atoms with van der Waals surface area (Å²) >= 11 is 0. The molecule has 94 valence electrons. The van der Waals surface area contributed by atoms with Crippen molar-refractivity contribution >= 4 is 6.01 Å². The van der Waals surface area contributed by atoms with Gasteiger partial charge in [-0.1, -0.05) is 31.8 Å². The molecule has 0 amide bonds. The average Bonchev–Trinajstić information content (AvgIpc) is 2.40. The van der Waals surface area contributed by atoms with Crippen LogP contribution in [0.25, 0.3) is 0 Å². The second-order valence-electron chi connectivity index (χ2n) is 5.28. The standard InChI is InChI=1S/C15H24N2/c1-2-13-8-6-7-11-15(13)17-12-16-14-9-4-3-5-10-14/h2,14-15H,3-11H2,1H3. The van der Waals surface area contributed by atoms with Crippen LogP contribution in [0.3, 0.4) is 0 Å². The Kier molecular flexibility index (Phi) is 5.00. The van der Waals surface area contributed by atoms with Crippen molar-refractivity contribution < 1.29 is 0 Å². The highest BCUT2D eigenvalue weighted by Gasteiger charge is 2.16. The van der Waals surface area contributed by atoms with Crippen LogP contribution >= 0.6 is 0 Å². The van der Waals surface area contributed by atoms with Crippen molar-refractivity contribution in [2.24, 2.45) is 9.98 Å². The predicted octanol–water partition coefficient (Wildman–Crippen LogP) is 4.38. The Bertz CT molecular complexity index is 318. The Morgan fingerprint density at radius 3 is 2.53 bits per heavy atom. The van der Waals surface area contributed by atoms with E-state index in [1.807, 2.05) is 0 Å². The van der Waals surface area contributed by atoms with Crippen LogP contribution < -0.4 is 0 Å². The minimum Gasteiger partial charge on any atom is -0.222 e. The molecular formula is C15H24N2. The first-order valence-corrected chi connectivity index (χ1v) is 7.20. The van der Waals surface area contributed by atoms with E-state index in [2.05, 4.69) is 29.0 Å². The van der Waals surface area contributed by atoms with Crippen molar-refractivity contribution in [3.05, 3.63) is 11.6 Å². The molecule has 1 unspecified atom stereocenters. The molecule has 2 nitrogen and oxygen atoms in total. The van der Waals surface area contributed by atoms with E-state index in [-0.39, 0.29) is 0 Å². The molecule has 0 aromatic carbocycles. The van der Waals surface area contributed by atoms with Gasteiger partial charge in [-0.3, -0.25) is 0 Å². The van der Waals surface area contributed by atoms with E-state index in [1.54, 1.807) is 0 Å². The second-order valence-corrected chi connectivity index (χ2v) is 5.28. The van der Waals surface area contributed by atoms with Gasteiger partial charge >= 0.3 is 0 Å². The zero-order chi connectivity index (χ0) is 11.9. The van der Waals surface area contributed by atoms with Gasteiger partial charge in [-0.15, -0.1) is 0 Å². The fourth-order valence-electron chi connectivity index (χ4n) is 2.90. The Morgan fingerprint density at radius 2 is 1.76 bits per heavy atom. The van der Waals surface area contributed by atoms with Crippen LogP contribution in [0.4, 0.5) is 0 Å². The lowest BCUT2D eigenvalue weighted by Gasteiger charge is -2.20. The van der Waals surface area contributed by atoms with Crippen molar-refractivity contribution in [3.63, 3.8) is 0 Å². The molecule has 2 fully saturated rings. The minimum atomic E-state index is 0.376. The molecule has 0 saturated heterocycles. The van der Waals surface area contributed by atoms with Crippen molar-refractivity contribution in [2.45, 2.75) is 76.8 Å². The van der Waals surface area contributed by atoms with E-state index in [1.165, 1.54) is 63.4 Å². The molecule has 2 rings (SSSR count). The highest BCUT2D eigenvalue weighted by Crippen LogP contribution is 2.25. The van der Waals surface area contributed by atoms with Crippen LogP contribution in [-0.4, -0.2) is 18.1 Å². The summed E-state index contributed by atoms with van der Waals surface area (Å²) < 4.78 is 0. The molecule has 0 spiro atoms. The quantitative estimate of drug-likeness (QED) is 0.498. The van der Waals surface area contributed by atoms with Gasteiger partial charge in [-0.05, 0) is 44.6 Å². The molecule has 0 radical (unpaired) electrons. The van der Waals surface area contributed by atoms with E-state index in [0.29, 0.717) is 12.1 Å². The maximum Gasteiger partial charge on any atom is 0.0901 e. The van der Waals surface area contributed by atoms with E-state index >= 15 is 0 Å². The Labute approximate surface area is 105 Å². The molecular weight excluding hydrogens is 208 g/mol. The van der Waals surface area contributed by atoms with E-state index in [0.717, 1.165) is 0 Å². The summed E-state index contributed by atoms with van der Waals surface area (Å²) in [6.07, 6.45) is 13.8. The van der Waals surface area contributed by atoms with Crippen LogP contribution in [0.2, 0.25) is 0 Å². The molecule has 2 saturated carbocycles. The Hall–Kier alpha value is -0.880. The van der Waals surface area contributed by atoms with Gasteiger partial charge in [-0.25, -0.2) is 9.98 Å². The molecule has 2 heteroatoms. The van der Waals surface area contributed by atoms with Crippen LogP contribution in [0.5, 0.6) is 0 Å². The van der Waals surface area contributed by atoms with E-state index in [4.69, 9.17) is 0 Å². The molecule has 0 aliphatic heterocycles. The van der Waals surface area contributed by atoms with Crippen molar-refractivity contribution in [1.29, 1.82) is 0 Å².